The highest BCUT2D eigenvalue weighted by molar-refractivity contribution is 6.30. The van der Waals surface area contributed by atoms with Gasteiger partial charge in [-0.1, -0.05) is 22.9 Å². The van der Waals surface area contributed by atoms with Gasteiger partial charge in [-0.05, 0) is 44.2 Å². The monoisotopic (exact) mass is 355 g/mol. The van der Waals surface area contributed by atoms with Gasteiger partial charge in [0.25, 0.3) is 0 Å². The van der Waals surface area contributed by atoms with Gasteiger partial charge in [-0.15, -0.1) is 5.10 Å². The predicted molar refractivity (Wildman–Crippen MR) is 95.9 cm³/mol. The summed E-state index contributed by atoms with van der Waals surface area (Å²) in [5.41, 5.74) is 4.21. The van der Waals surface area contributed by atoms with Crippen LogP contribution in [-0.2, 0) is 0 Å². The highest BCUT2D eigenvalue weighted by atomic mass is 35.5. The first kappa shape index (κ1) is 15.8. The van der Waals surface area contributed by atoms with Crippen LogP contribution in [0.5, 0.6) is 0 Å². The molecule has 0 atom stereocenters. The van der Waals surface area contributed by atoms with Crippen molar-refractivity contribution in [2.75, 3.05) is 0 Å². The Bertz CT molecular complexity index is 1070. The van der Waals surface area contributed by atoms with Crippen molar-refractivity contribution in [2.24, 2.45) is 0 Å². The molecule has 2 aromatic heterocycles. The van der Waals surface area contributed by atoms with Gasteiger partial charge in [0.2, 0.25) is 0 Å². The summed E-state index contributed by atoms with van der Waals surface area (Å²) >= 11 is 6.03. The molecule has 0 radical (unpaired) electrons. The van der Waals surface area contributed by atoms with Gasteiger partial charge in [0.1, 0.15) is 11.3 Å². The maximum atomic E-state index is 14.3. The molecule has 0 fully saturated rings. The number of benzene rings is 2. The molecule has 1 N–H and O–H groups in total. The number of hydrogen-bond donors (Lipinski definition) is 1. The van der Waals surface area contributed by atoms with Gasteiger partial charge in [-0.25, -0.2) is 14.1 Å². The third-order valence-corrected chi connectivity index (χ3v) is 4.31. The summed E-state index contributed by atoms with van der Waals surface area (Å²) in [7, 11) is 0. The lowest BCUT2D eigenvalue weighted by molar-refractivity contribution is 0.530. The third kappa shape index (κ3) is 2.68. The number of H-pyrrole nitrogens is 1. The van der Waals surface area contributed by atoms with Gasteiger partial charge in [0.15, 0.2) is 0 Å². The largest absolute Gasteiger partial charge is 0.344 e. The summed E-state index contributed by atoms with van der Waals surface area (Å²) < 4.78 is 16.1. The maximum Gasteiger partial charge on any atom is 0.132 e. The second-order valence-electron chi connectivity index (χ2n) is 6.08. The molecule has 4 aromatic rings. The molecule has 0 amide bonds. The predicted octanol–water partition coefficient (Wildman–Crippen LogP) is 4.86. The summed E-state index contributed by atoms with van der Waals surface area (Å²) in [6.07, 6.45) is 1.55. The van der Waals surface area contributed by atoms with Gasteiger partial charge in [0, 0.05) is 22.2 Å². The summed E-state index contributed by atoms with van der Waals surface area (Å²) in [5.74, 6) is -0.368. The minimum absolute atomic E-state index is 0.187. The average molecular weight is 356 g/mol. The topological polar surface area (TPSA) is 59.4 Å². The lowest BCUT2D eigenvalue weighted by Crippen LogP contribution is -2.02. The Morgan fingerprint density at radius 2 is 2.00 bits per heavy atom. The molecule has 0 aliphatic rings. The lowest BCUT2D eigenvalue weighted by Gasteiger charge is -2.08. The Labute approximate surface area is 148 Å². The Morgan fingerprint density at radius 3 is 2.80 bits per heavy atom. The van der Waals surface area contributed by atoms with E-state index in [1.54, 1.807) is 12.4 Å². The van der Waals surface area contributed by atoms with Crippen molar-refractivity contribution < 1.29 is 4.39 Å². The standard InChI is InChI=1S/C18H15ClFN5/c1-10(2)25-16-7-11(3-6-15(16)23-24-25)17-18(22-9-21-17)13-8-12(19)4-5-14(13)20/h3-10H,1-2H3,(H,21,22). The molecule has 0 bridgehead atoms. The molecule has 2 heterocycles. The molecule has 0 saturated heterocycles. The number of aromatic nitrogens is 5. The number of halogens is 2. The van der Waals surface area contributed by atoms with Crippen molar-refractivity contribution in [3.05, 3.63) is 53.6 Å². The van der Waals surface area contributed by atoms with Gasteiger partial charge >= 0.3 is 0 Å². The lowest BCUT2D eigenvalue weighted by atomic mass is 10.0. The van der Waals surface area contributed by atoms with E-state index in [4.69, 9.17) is 11.6 Å². The van der Waals surface area contributed by atoms with Crippen LogP contribution in [0.3, 0.4) is 0 Å². The second kappa shape index (κ2) is 5.97. The minimum Gasteiger partial charge on any atom is -0.344 e. The van der Waals surface area contributed by atoms with Crippen LogP contribution in [0.25, 0.3) is 33.5 Å². The van der Waals surface area contributed by atoms with Gasteiger partial charge < -0.3 is 4.98 Å². The number of aromatic amines is 1. The first-order valence-corrected chi connectivity index (χ1v) is 8.26. The van der Waals surface area contributed by atoms with Crippen LogP contribution in [-0.4, -0.2) is 25.0 Å². The molecule has 25 heavy (non-hydrogen) atoms. The molecule has 126 valence electrons. The second-order valence-corrected chi connectivity index (χ2v) is 6.52. The zero-order valence-electron chi connectivity index (χ0n) is 13.7. The van der Waals surface area contributed by atoms with Crippen LogP contribution in [0.1, 0.15) is 19.9 Å². The molecule has 0 saturated carbocycles. The first-order valence-electron chi connectivity index (χ1n) is 7.88. The number of nitrogens with zero attached hydrogens (tertiary/aromatic N) is 4. The van der Waals surface area contributed by atoms with Crippen molar-refractivity contribution >= 4 is 22.6 Å². The van der Waals surface area contributed by atoms with Crippen LogP contribution in [0.2, 0.25) is 5.02 Å². The van der Waals surface area contributed by atoms with Gasteiger partial charge in [0.05, 0.1) is 23.2 Å². The van der Waals surface area contributed by atoms with E-state index in [0.29, 0.717) is 16.3 Å². The van der Waals surface area contributed by atoms with Crippen molar-refractivity contribution in [3.8, 4) is 22.5 Å². The summed E-state index contributed by atoms with van der Waals surface area (Å²) in [6.45, 7) is 4.09. The van der Waals surface area contributed by atoms with E-state index in [0.717, 1.165) is 22.3 Å². The number of fused-ring (bicyclic) bond motifs is 1. The smallest absolute Gasteiger partial charge is 0.132 e. The number of hydrogen-bond acceptors (Lipinski definition) is 3. The Kier molecular flexibility index (Phi) is 3.77. The van der Waals surface area contributed by atoms with E-state index in [-0.39, 0.29) is 11.9 Å². The van der Waals surface area contributed by atoms with E-state index in [1.165, 1.54) is 12.1 Å². The fourth-order valence-corrected chi connectivity index (χ4v) is 3.04. The van der Waals surface area contributed by atoms with E-state index >= 15 is 0 Å². The number of rotatable bonds is 3. The van der Waals surface area contributed by atoms with Crippen LogP contribution in [0.4, 0.5) is 4.39 Å². The van der Waals surface area contributed by atoms with Gasteiger partial charge in [-0.3, -0.25) is 0 Å². The fourth-order valence-electron chi connectivity index (χ4n) is 2.87. The van der Waals surface area contributed by atoms with Crippen LogP contribution in [0.15, 0.2) is 42.7 Å². The molecule has 0 aliphatic heterocycles. The van der Waals surface area contributed by atoms with E-state index in [9.17, 15) is 4.39 Å². The maximum absolute atomic E-state index is 14.3. The van der Waals surface area contributed by atoms with Crippen LogP contribution >= 0.6 is 11.6 Å². The van der Waals surface area contributed by atoms with E-state index in [2.05, 4.69) is 20.3 Å². The molecule has 7 heteroatoms. The highest BCUT2D eigenvalue weighted by Crippen LogP contribution is 2.33. The number of nitrogens with one attached hydrogen (secondary N) is 1. The zero-order chi connectivity index (χ0) is 17.6. The molecule has 2 aromatic carbocycles. The normalized spacial score (nSPS) is 11.6. The van der Waals surface area contributed by atoms with E-state index < -0.39 is 0 Å². The van der Waals surface area contributed by atoms with Crippen molar-refractivity contribution in [2.45, 2.75) is 19.9 Å². The summed E-state index contributed by atoms with van der Waals surface area (Å²) in [5, 5.41) is 8.83. The van der Waals surface area contributed by atoms with Crippen molar-refractivity contribution in [3.63, 3.8) is 0 Å². The van der Waals surface area contributed by atoms with Crippen LogP contribution in [0, 0.1) is 5.82 Å². The molecule has 0 spiro atoms. The molecular weight excluding hydrogens is 341 g/mol. The first-order chi connectivity index (χ1) is 12.0. The quantitative estimate of drug-likeness (QED) is 0.570. The zero-order valence-corrected chi connectivity index (χ0v) is 14.4. The Morgan fingerprint density at radius 1 is 1.16 bits per heavy atom. The van der Waals surface area contributed by atoms with E-state index in [1.807, 2.05) is 36.7 Å². The molecular formula is C18H15ClFN5. The summed E-state index contributed by atoms with van der Waals surface area (Å²) in [4.78, 5) is 7.40. The van der Waals surface area contributed by atoms with Crippen molar-refractivity contribution in [1.82, 2.24) is 25.0 Å². The molecule has 0 aliphatic carbocycles. The number of imidazole rings is 1. The van der Waals surface area contributed by atoms with Crippen molar-refractivity contribution in [1.29, 1.82) is 0 Å². The molecule has 4 rings (SSSR count). The summed E-state index contributed by atoms with van der Waals surface area (Å²) in [6, 6.07) is 10.4. The third-order valence-electron chi connectivity index (χ3n) is 4.07. The Hall–Kier alpha value is -2.73. The molecule has 5 nitrogen and oxygen atoms in total. The minimum atomic E-state index is -0.368. The Balaban J connectivity index is 1.89. The average Bonchev–Trinajstić information content (AvgIpc) is 3.22. The fraction of sp³-hybridized carbons (Fsp3) is 0.167. The van der Waals surface area contributed by atoms with Crippen LogP contribution < -0.4 is 0 Å². The van der Waals surface area contributed by atoms with Gasteiger partial charge in [-0.2, -0.15) is 0 Å². The molecule has 0 unspecified atom stereocenters. The SMILES string of the molecule is CC(C)n1nnc2ccc(-c3[nH]cnc3-c3cc(Cl)ccc3F)cc21. The highest BCUT2D eigenvalue weighted by Gasteiger charge is 2.16.